The fourth-order valence-corrected chi connectivity index (χ4v) is 3.78. The van der Waals surface area contributed by atoms with Crippen molar-refractivity contribution in [2.24, 2.45) is 0 Å². The first kappa shape index (κ1) is 20.6. The van der Waals surface area contributed by atoms with E-state index in [0.29, 0.717) is 13.0 Å². The van der Waals surface area contributed by atoms with Gasteiger partial charge < -0.3 is 19.4 Å². The van der Waals surface area contributed by atoms with Gasteiger partial charge >= 0.3 is 5.97 Å². The van der Waals surface area contributed by atoms with Gasteiger partial charge in [0.25, 0.3) is 0 Å². The van der Waals surface area contributed by atoms with Crippen LogP contribution < -0.4 is 0 Å². The Labute approximate surface area is 154 Å². The number of hydrogen-bond acceptors (Lipinski definition) is 6. The van der Waals surface area contributed by atoms with E-state index >= 15 is 0 Å². The van der Waals surface area contributed by atoms with Gasteiger partial charge in [-0.3, -0.25) is 9.69 Å². The zero-order valence-corrected chi connectivity index (χ0v) is 16.6. The minimum absolute atomic E-state index is 0.0360. The van der Waals surface area contributed by atoms with Crippen molar-refractivity contribution in [2.75, 3.05) is 80.1 Å². The number of carbonyl (C=O) groups is 1. The molecule has 0 aliphatic carbocycles. The van der Waals surface area contributed by atoms with Gasteiger partial charge in [-0.1, -0.05) is 0 Å². The van der Waals surface area contributed by atoms with E-state index in [4.69, 9.17) is 4.74 Å². The first-order valence-corrected chi connectivity index (χ1v) is 10.00. The molecule has 2 saturated heterocycles. The van der Waals surface area contributed by atoms with Crippen LogP contribution in [0.5, 0.6) is 0 Å². The third kappa shape index (κ3) is 8.03. The van der Waals surface area contributed by atoms with Crippen molar-refractivity contribution in [1.29, 1.82) is 0 Å². The molecule has 0 radical (unpaired) electrons. The lowest BCUT2D eigenvalue weighted by molar-refractivity contribution is -0.144. The molecule has 0 spiro atoms. The summed E-state index contributed by atoms with van der Waals surface area (Å²) in [6.07, 6.45) is 4.95. The highest BCUT2D eigenvalue weighted by Crippen LogP contribution is 2.18. The molecule has 0 N–H and O–H groups in total. The second kappa shape index (κ2) is 11.1. The number of piperazine rings is 1. The molecule has 2 fully saturated rings. The molecule has 2 aliphatic rings. The highest BCUT2D eigenvalue weighted by molar-refractivity contribution is 5.69. The Morgan fingerprint density at radius 1 is 1.04 bits per heavy atom. The van der Waals surface area contributed by atoms with E-state index in [1.54, 1.807) is 0 Å². The number of likely N-dealkylation sites (N-methyl/N-ethyl adjacent to an activating group) is 1. The molecule has 6 nitrogen and oxygen atoms in total. The van der Waals surface area contributed by atoms with Crippen molar-refractivity contribution in [1.82, 2.24) is 19.6 Å². The summed E-state index contributed by atoms with van der Waals surface area (Å²) in [6, 6.07) is 0.770. The summed E-state index contributed by atoms with van der Waals surface area (Å²) in [4.78, 5) is 21.5. The molecule has 0 unspecified atom stereocenters. The fourth-order valence-electron chi connectivity index (χ4n) is 3.78. The number of ether oxygens (including phenoxy) is 1. The molecule has 0 aromatic carbocycles. The topological polar surface area (TPSA) is 39.3 Å². The highest BCUT2D eigenvalue weighted by atomic mass is 16.5. The Hall–Kier alpha value is -0.690. The largest absolute Gasteiger partial charge is 0.466 e. The van der Waals surface area contributed by atoms with Crippen LogP contribution in [-0.4, -0.2) is 112 Å². The second-order valence-corrected chi connectivity index (χ2v) is 7.89. The molecule has 0 aromatic rings. The van der Waals surface area contributed by atoms with Crippen molar-refractivity contribution < 1.29 is 9.53 Å². The average molecular weight is 355 g/mol. The lowest BCUT2D eigenvalue weighted by atomic mass is 10.0. The van der Waals surface area contributed by atoms with E-state index in [2.05, 4.69) is 26.6 Å². The average Bonchev–Trinajstić information content (AvgIpc) is 2.60. The Bertz CT molecular complexity index is 376. The summed E-state index contributed by atoms with van der Waals surface area (Å²) < 4.78 is 5.29. The Balaban J connectivity index is 1.50. The van der Waals surface area contributed by atoms with E-state index in [9.17, 15) is 4.79 Å². The smallest absolute Gasteiger partial charge is 0.305 e. The van der Waals surface area contributed by atoms with Crippen LogP contribution in [0.2, 0.25) is 0 Å². The molecule has 2 aliphatic heterocycles. The summed E-state index contributed by atoms with van der Waals surface area (Å²) in [7, 11) is 6.29. The number of hydrogen-bond donors (Lipinski definition) is 0. The number of esters is 1. The molecule has 0 amide bonds. The van der Waals surface area contributed by atoms with E-state index < -0.39 is 0 Å². The van der Waals surface area contributed by atoms with Gasteiger partial charge in [-0.2, -0.15) is 0 Å². The number of rotatable bonds is 9. The molecular formula is C19H38N4O2. The van der Waals surface area contributed by atoms with Crippen molar-refractivity contribution in [2.45, 2.75) is 38.1 Å². The maximum absolute atomic E-state index is 11.7. The standard InChI is InChI=1S/C19H38N4O2/c1-20(2)9-5-17-25-19(24)6-4-10-22-11-7-18(8-12-22)23-15-13-21(3)14-16-23/h18H,4-17H2,1-3H3. The lowest BCUT2D eigenvalue weighted by Gasteiger charge is -2.42. The molecular weight excluding hydrogens is 316 g/mol. The number of piperidine rings is 1. The summed E-state index contributed by atoms with van der Waals surface area (Å²) in [5.74, 6) is -0.0360. The molecule has 0 saturated carbocycles. The van der Waals surface area contributed by atoms with E-state index in [0.717, 1.165) is 32.0 Å². The maximum atomic E-state index is 11.7. The van der Waals surface area contributed by atoms with Crippen molar-refractivity contribution in [3.8, 4) is 0 Å². The fraction of sp³-hybridized carbons (Fsp3) is 0.947. The third-order valence-corrected chi connectivity index (χ3v) is 5.48. The van der Waals surface area contributed by atoms with Gasteiger partial charge in [0.1, 0.15) is 0 Å². The Kier molecular flexibility index (Phi) is 9.17. The molecule has 2 rings (SSSR count). The summed E-state index contributed by atoms with van der Waals surface area (Å²) in [5, 5.41) is 0. The van der Waals surface area contributed by atoms with Gasteiger partial charge in [0, 0.05) is 45.2 Å². The quantitative estimate of drug-likeness (QED) is 0.454. The van der Waals surface area contributed by atoms with E-state index in [1.165, 1.54) is 52.1 Å². The summed E-state index contributed by atoms with van der Waals surface area (Å²) in [6.45, 7) is 9.75. The number of likely N-dealkylation sites (tertiary alicyclic amines) is 1. The normalized spacial score (nSPS) is 21.8. The van der Waals surface area contributed by atoms with Gasteiger partial charge in [0.15, 0.2) is 0 Å². The molecule has 0 bridgehead atoms. The molecule has 25 heavy (non-hydrogen) atoms. The summed E-state index contributed by atoms with van der Waals surface area (Å²) >= 11 is 0. The zero-order valence-electron chi connectivity index (χ0n) is 16.6. The predicted molar refractivity (Wildman–Crippen MR) is 102 cm³/mol. The predicted octanol–water partition coefficient (Wildman–Crippen LogP) is 0.973. The Morgan fingerprint density at radius 3 is 2.36 bits per heavy atom. The van der Waals surface area contributed by atoms with Gasteiger partial charge in [-0.15, -0.1) is 0 Å². The number of nitrogens with zero attached hydrogens (tertiary/aromatic N) is 4. The Morgan fingerprint density at radius 2 is 1.72 bits per heavy atom. The van der Waals surface area contributed by atoms with Crippen molar-refractivity contribution >= 4 is 5.97 Å². The van der Waals surface area contributed by atoms with Crippen molar-refractivity contribution in [3.05, 3.63) is 0 Å². The van der Waals surface area contributed by atoms with Gasteiger partial charge in [-0.05, 0) is 66.5 Å². The maximum Gasteiger partial charge on any atom is 0.305 e. The molecule has 0 atom stereocenters. The zero-order chi connectivity index (χ0) is 18.1. The van der Waals surface area contributed by atoms with Crippen LogP contribution in [0.4, 0.5) is 0 Å². The van der Waals surface area contributed by atoms with Gasteiger partial charge in [0.2, 0.25) is 0 Å². The third-order valence-electron chi connectivity index (χ3n) is 5.48. The second-order valence-electron chi connectivity index (χ2n) is 7.89. The van der Waals surface area contributed by atoms with Crippen LogP contribution >= 0.6 is 0 Å². The van der Waals surface area contributed by atoms with E-state index in [1.807, 2.05) is 14.1 Å². The minimum Gasteiger partial charge on any atom is -0.466 e. The van der Waals surface area contributed by atoms with Gasteiger partial charge in [-0.25, -0.2) is 0 Å². The van der Waals surface area contributed by atoms with Crippen LogP contribution in [0.3, 0.4) is 0 Å². The van der Waals surface area contributed by atoms with Crippen LogP contribution in [0.1, 0.15) is 32.1 Å². The lowest BCUT2D eigenvalue weighted by Crippen LogP contribution is -2.52. The first-order valence-electron chi connectivity index (χ1n) is 10.00. The SMILES string of the molecule is CN(C)CCCOC(=O)CCCN1CCC(N2CCN(C)CC2)CC1. The highest BCUT2D eigenvalue weighted by Gasteiger charge is 2.26. The van der Waals surface area contributed by atoms with Crippen LogP contribution in [-0.2, 0) is 9.53 Å². The molecule has 0 aromatic heterocycles. The molecule has 6 heteroatoms. The van der Waals surface area contributed by atoms with Crippen LogP contribution in [0.25, 0.3) is 0 Å². The minimum atomic E-state index is -0.0360. The molecule has 146 valence electrons. The van der Waals surface area contributed by atoms with Gasteiger partial charge in [0.05, 0.1) is 6.61 Å². The van der Waals surface area contributed by atoms with E-state index in [-0.39, 0.29) is 5.97 Å². The number of carbonyl (C=O) groups excluding carboxylic acids is 1. The molecule has 2 heterocycles. The van der Waals surface area contributed by atoms with Crippen molar-refractivity contribution in [3.63, 3.8) is 0 Å². The summed E-state index contributed by atoms with van der Waals surface area (Å²) in [5.41, 5.74) is 0. The van der Waals surface area contributed by atoms with Crippen LogP contribution in [0.15, 0.2) is 0 Å². The van der Waals surface area contributed by atoms with Crippen LogP contribution in [0, 0.1) is 0 Å². The first-order chi connectivity index (χ1) is 12.0. The monoisotopic (exact) mass is 354 g/mol.